The van der Waals surface area contributed by atoms with Crippen LogP contribution < -0.4 is 10.2 Å². The number of para-hydroxylation sites is 2. The fourth-order valence-corrected chi connectivity index (χ4v) is 3.52. The fourth-order valence-electron chi connectivity index (χ4n) is 3.52. The van der Waals surface area contributed by atoms with Crippen LogP contribution in [-0.2, 0) is 22.4 Å². The highest BCUT2D eigenvalue weighted by Crippen LogP contribution is 2.27. The van der Waals surface area contributed by atoms with Gasteiger partial charge in [0, 0.05) is 30.6 Å². The van der Waals surface area contributed by atoms with Gasteiger partial charge in [0.1, 0.15) is 5.69 Å². The van der Waals surface area contributed by atoms with Crippen LogP contribution in [0.1, 0.15) is 24.1 Å². The number of hydrogen-bond acceptors (Lipinski definition) is 4. The number of amides is 2. The molecule has 27 heavy (non-hydrogen) atoms. The Labute approximate surface area is 157 Å². The van der Waals surface area contributed by atoms with Crippen molar-refractivity contribution >= 4 is 28.5 Å². The molecule has 0 atom stereocenters. The van der Waals surface area contributed by atoms with Crippen molar-refractivity contribution in [3.63, 3.8) is 0 Å². The molecule has 0 spiro atoms. The van der Waals surface area contributed by atoms with Gasteiger partial charge in [-0.2, -0.15) is 0 Å². The molecule has 138 valence electrons. The maximum absolute atomic E-state index is 12.6. The Balaban J connectivity index is 1.31. The summed E-state index contributed by atoms with van der Waals surface area (Å²) in [4.78, 5) is 26.6. The van der Waals surface area contributed by atoms with Gasteiger partial charge in [-0.15, -0.1) is 0 Å². The van der Waals surface area contributed by atoms with Crippen molar-refractivity contribution in [3.8, 4) is 0 Å². The predicted octanol–water partition coefficient (Wildman–Crippen LogP) is 2.86. The summed E-state index contributed by atoms with van der Waals surface area (Å²) < 4.78 is 5.21. The molecule has 0 bridgehead atoms. The zero-order valence-electron chi connectivity index (χ0n) is 15.0. The maximum atomic E-state index is 12.6. The number of carbonyl (C=O) groups excluding carboxylic acids is 2. The zero-order chi connectivity index (χ0) is 18.6. The molecule has 0 fully saturated rings. The molecular formula is C21H21N3O3. The molecule has 0 radical (unpaired) electrons. The highest BCUT2D eigenvalue weighted by atomic mass is 16.5. The van der Waals surface area contributed by atoms with Crippen LogP contribution in [0.2, 0.25) is 0 Å². The number of carbonyl (C=O) groups is 2. The van der Waals surface area contributed by atoms with Gasteiger partial charge < -0.3 is 14.7 Å². The number of nitrogens with one attached hydrogen (secondary N) is 1. The second-order valence-electron chi connectivity index (χ2n) is 6.68. The second kappa shape index (κ2) is 7.61. The number of aromatic nitrogens is 1. The lowest BCUT2D eigenvalue weighted by Gasteiger charge is -2.29. The topological polar surface area (TPSA) is 75.4 Å². The Bertz CT molecular complexity index is 979. The molecular weight excluding hydrogens is 342 g/mol. The van der Waals surface area contributed by atoms with Crippen molar-refractivity contribution in [2.45, 2.75) is 25.7 Å². The Morgan fingerprint density at radius 3 is 2.85 bits per heavy atom. The number of aryl methyl sites for hydroxylation is 1. The molecule has 0 saturated heterocycles. The van der Waals surface area contributed by atoms with Gasteiger partial charge in [-0.1, -0.05) is 35.5 Å². The molecule has 2 aromatic carbocycles. The summed E-state index contributed by atoms with van der Waals surface area (Å²) in [6, 6.07) is 15.5. The molecule has 1 aromatic heterocycles. The average Bonchev–Trinajstić information content (AvgIpc) is 3.10. The van der Waals surface area contributed by atoms with Crippen molar-refractivity contribution in [3.05, 3.63) is 59.8 Å². The normalized spacial score (nSPS) is 13.4. The molecule has 0 aliphatic carbocycles. The van der Waals surface area contributed by atoms with E-state index in [9.17, 15) is 9.59 Å². The number of benzene rings is 2. The van der Waals surface area contributed by atoms with E-state index >= 15 is 0 Å². The van der Waals surface area contributed by atoms with Gasteiger partial charge in [0.15, 0.2) is 5.58 Å². The minimum absolute atomic E-state index is 0.0364. The molecule has 3 aromatic rings. The van der Waals surface area contributed by atoms with Crippen LogP contribution in [0.3, 0.4) is 0 Å². The summed E-state index contributed by atoms with van der Waals surface area (Å²) in [7, 11) is 0. The van der Waals surface area contributed by atoms with E-state index in [1.165, 1.54) is 5.56 Å². The Kier molecular flexibility index (Phi) is 4.87. The molecule has 4 rings (SSSR count). The standard InChI is InChI=1S/C21H21N3O3/c25-20(14-17-16-8-2-4-10-19(16)27-23-17)22-12-11-21(26)24-13-5-7-15-6-1-3-9-18(15)24/h1-4,6,8-10H,5,7,11-14H2,(H,22,25). The molecule has 1 aliphatic rings. The summed E-state index contributed by atoms with van der Waals surface area (Å²) in [6.07, 6.45) is 2.38. The molecule has 0 saturated carbocycles. The number of nitrogens with zero attached hydrogens (tertiary/aromatic N) is 2. The summed E-state index contributed by atoms with van der Waals surface area (Å²) in [5.74, 6) is -0.129. The van der Waals surface area contributed by atoms with Crippen LogP contribution in [-0.4, -0.2) is 30.1 Å². The van der Waals surface area contributed by atoms with E-state index in [2.05, 4.69) is 16.5 Å². The third-order valence-corrected chi connectivity index (χ3v) is 4.85. The molecule has 2 heterocycles. The first-order chi connectivity index (χ1) is 13.2. The lowest BCUT2D eigenvalue weighted by atomic mass is 10.0. The Morgan fingerprint density at radius 2 is 1.93 bits per heavy atom. The van der Waals surface area contributed by atoms with Crippen molar-refractivity contribution in [1.82, 2.24) is 10.5 Å². The van der Waals surface area contributed by atoms with Crippen LogP contribution in [0, 0.1) is 0 Å². The molecule has 6 nitrogen and oxygen atoms in total. The third kappa shape index (κ3) is 3.69. The molecule has 0 unspecified atom stereocenters. The summed E-state index contributed by atoms with van der Waals surface area (Å²) in [6.45, 7) is 1.04. The van der Waals surface area contributed by atoms with Crippen molar-refractivity contribution in [2.24, 2.45) is 0 Å². The number of rotatable bonds is 5. The zero-order valence-corrected chi connectivity index (χ0v) is 15.0. The average molecular weight is 363 g/mol. The first-order valence-electron chi connectivity index (χ1n) is 9.20. The quantitative estimate of drug-likeness (QED) is 0.756. The van der Waals surface area contributed by atoms with Crippen LogP contribution in [0.4, 0.5) is 5.69 Å². The van der Waals surface area contributed by atoms with E-state index in [1.54, 1.807) is 0 Å². The van der Waals surface area contributed by atoms with Crippen molar-refractivity contribution < 1.29 is 14.1 Å². The van der Waals surface area contributed by atoms with Gasteiger partial charge in [-0.3, -0.25) is 9.59 Å². The first-order valence-corrected chi connectivity index (χ1v) is 9.20. The van der Waals surface area contributed by atoms with Gasteiger partial charge in [0.25, 0.3) is 0 Å². The minimum atomic E-state index is -0.166. The lowest BCUT2D eigenvalue weighted by Crippen LogP contribution is -2.38. The minimum Gasteiger partial charge on any atom is -0.356 e. The van der Waals surface area contributed by atoms with Gasteiger partial charge in [0.2, 0.25) is 11.8 Å². The highest BCUT2D eigenvalue weighted by Gasteiger charge is 2.21. The van der Waals surface area contributed by atoms with Gasteiger partial charge in [-0.05, 0) is 36.6 Å². The van der Waals surface area contributed by atoms with Gasteiger partial charge >= 0.3 is 0 Å². The van der Waals surface area contributed by atoms with E-state index in [1.807, 2.05) is 47.4 Å². The van der Waals surface area contributed by atoms with E-state index in [-0.39, 0.29) is 24.7 Å². The summed E-state index contributed by atoms with van der Waals surface area (Å²) in [5.41, 5.74) is 3.48. The molecule has 1 aliphatic heterocycles. The second-order valence-corrected chi connectivity index (χ2v) is 6.68. The van der Waals surface area contributed by atoms with Gasteiger partial charge in [-0.25, -0.2) is 0 Å². The summed E-state index contributed by atoms with van der Waals surface area (Å²) in [5, 5.41) is 7.62. The maximum Gasteiger partial charge on any atom is 0.228 e. The number of fused-ring (bicyclic) bond motifs is 2. The van der Waals surface area contributed by atoms with E-state index in [0.29, 0.717) is 17.8 Å². The van der Waals surface area contributed by atoms with Crippen LogP contribution >= 0.6 is 0 Å². The highest BCUT2D eigenvalue weighted by molar-refractivity contribution is 5.95. The Hall–Kier alpha value is -3.15. The monoisotopic (exact) mass is 363 g/mol. The number of anilines is 1. The smallest absolute Gasteiger partial charge is 0.228 e. The van der Waals surface area contributed by atoms with Crippen LogP contribution in [0.25, 0.3) is 11.0 Å². The van der Waals surface area contributed by atoms with Crippen LogP contribution in [0.15, 0.2) is 53.1 Å². The van der Waals surface area contributed by atoms with E-state index < -0.39 is 0 Å². The molecule has 2 amide bonds. The third-order valence-electron chi connectivity index (χ3n) is 4.85. The molecule has 6 heteroatoms. The van der Waals surface area contributed by atoms with Crippen LogP contribution in [0.5, 0.6) is 0 Å². The SMILES string of the molecule is O=C(Cc1noc2ccccc12)NCCC(=O)N1CCCc2ccccc21. The lowest BCUT2D eigenvalue weighted by molar-refractivity contribution is -0.121. The molecule has 1 N–H and O–H groups in total. The van der Waals surface area contributed by atoms with E-state index in [4.69, 9.17) is 4.52 Å². The van der Waals surface area contributed by atoms with E-state index in [0.717, 1.165) is 30.5 Å². The predicted molar refractivity (Wildman–Crippen MR) is 102 cm³/mol. The summed E-state index contributed by atoms with van der Waals surface area (Å²) >= 11 is 0. The van der Waals surface area contributed by atoms with Gasteiger partial charge in [0.05, 0.1) is 6.42 Å². The number of hydrogen-bond donors (Lipinski definition) is 1. The first kappa shape index (κ1) is 17.3. The van der Waals surface area contributed by atoms with Crippen molar-refractivity contribution in [2.75, 3.05) is 18.0 Å². The fraction of sp³-hybridized carbons (Fsp3) is 0.286. The van der Waals surface area contributed by atoms with Crippen molar-refractivity contribution in [1.29, 1.82) is 0 Å². The Morgan fingerprint density at radius 1 is 1.11 bits per heavy atom. The largest absolute Gasteiger partial charge is 0.356 e.